The molecular weight excluding hydrogens is 414 g/mol. The first-order valence-corrected chi connectivity index (χ1v) is 11.6. The number of ether oxygens (including phenoxy) is 2. The molecule has 2 fully saturated rings. The maximum atomic E-state index is 13.2. The molecule has 166 valence electrons. The van der Waals surface area contributed by atoms with Gasteiger partial charge in [0.15, 0.2) is 0 Å². The van der Waals surface area contributed by atoms with Crippen LogP contribution in [0.5, 0.6) is 0 Å². The van der Waals surface area contributed by atoms with Crippen LogP contribution in [0.25, 0.3) is 0 Å². The van der Waals surface area contributed by atoms with Gasteiger partial charge in [-0.15, -0.1) is 11.3 Å². The fourth-order valence-electron chi connectivity index (χ4n) is 4.28. The molecule has 0 radical (unpaired) electrons. The van der Waals surface area contributed by atoms with E-state index in [0.717, 1.165) is 45.9 Å². The van der Waals surface area contributed by atoms with Gasteiger partial charge >= 0.3 is 0 Å². The molecule has 2 amide bonds. The molecule has 31 heavy (non-hydrogen) atoms. The topological polar surface area (TPSA) is 71.1 Å². The van der Waals surface area contributed by atoms with Crippen LogP contribution in [0.3, 0.4) is 0 Å². The van der Waals surface area contributed by atoms with Crippen LogP contribution in [0.4, 0.5) is 5.69 Å². The molecule has 2 aliphatic heterocycles. The summed E-state index contributed by atoms with van der Waals surface area (Å²) in [5.74, 6) is 0.111. The normalized spacial score (nSPS) is 20.4. The minimum atomic E-state index is -0.168. The molecule has 1 N–H and O–H groups in total. The third-order valence-electron chi connectivity index (χ3n) is 6.04. The SMILES string of the molecule is CN(C(=O)c1cccs1)c1ccccc1C(=O)NCC(C1CCOC1)N1CCOCC1. The monoisotopic (exact) mass is 443 g/mol. The van der Waals surface area contributed by atoms with Gasteiger partial charge in [-0.3, -0.25) is 14.5 Å². The van der Waals surface area contributed by atoms with Crippen LogP contribution in [0.2, 0.25) is 0 Å². The van der Waals surface area contributed by atoms with Crippen molar-refractivity contribution in [2.45, 2.75) is 12.5 Å². The highest BCUT2D eigenvalue weighted by Gasteiger charge is 2.32. The number of hydrogen-bond acceptors (Lipinski definition) is 6. The Morgan fingerprint density at radius 1 is 1.16 bits per heavy atom. The fraction of sp³-hybridized carbons (Fsp3) is 0.478. The average molecular weight is 444 g/mol. The van der Waals surface area contributed by atoms with Crippen molar-refractivity contribution in [1.82, 2.24) is 10.2 Å². The maximum Gasteiger partial charge on any atom is 0.268 e. The quantitative estimate of drug-likeness (QED) is 0.712. The van der Waals surface area contributed by atoms with Crippen LogP contribution >= 0.6 is 11.3 Å². The molecule has 1 aromatic heterocycles. The molecule has 3 heterocycles. The van der Waals surface area contributed by atoms with Gasteiger partial charge in [-0.2, -0.15) is 0 Å². The molecule has 7 nitrogen and oxygen atoms in total. The van der Waals surface area contributed by atoms with Gasteiger partial charge in [-0.05, 0) is 30.0 Å². The largest absolute Gasteiger partial charge is 0.381 e. The van der Waals surface area contributed by atoms with Crippen molar-refractivity contribution in [2.75, 3.05) is 58.0 Å². The van der Waals surface area contributed by atoms with E-state index in [1.807, 2.05) is 29.6 Å². The molecule has 2 aliphatic rings. The third kappa shape index (κ3) is 5.15. The van der Waals surface area contributed by atoms with Crippen LogP contribution in [-0.4, -0.2) is 75.9 Å². The van der Waals surface area contributed by atoms with Crippen molar-refractivity contribution in [3.8, 4) is 0 Å². The minimum absolute atomic E-state index is 0.121. The second kappa shape index (κ2) is 10.4. The van der Waals surface area contributed by atoms with E-state index in [2.05, 4.69) is 10.2 Å². The summed E-state index contributed by atoms with van der Waals surface area (Å²) in [5.41, 5.74) is 1.10. The summed E-state index contributed by atoms with van der Waals surface area (Å²) >= 11 is 1.39. The number of anilines is 1. The Bertz CT molecular complexity index is 877. The number of morpholine rings is 1. The fourth-order valence-corrected chi connectivity index (χ4v) is 4.98. The molecule has 0 spiro atoms. The van der Waals surface area contributed by atoms with Gasteiger partial charge in [-0.1, -0.05) is 18.2 Å². The second-order valence-corrected chi connectivity index (χ2v) is 8.86. The number of thiophene rings is 1. The van der Waals surface area contributed by atoms with Crippen LogP contribution in [-0.2, 0) is 9.47 Å². The first kappa shape index (κ1) is 22.0. The Hall–Kier alpha value is -2.26. The van der Waals surface area contributed by atoms with E-state index in [-0.39, 0.29) is 17.9 Å². The summed E-state index contributed by atoms with van der Waals surface area (Å²) < 4.78 is 11.1. The van der Waals surface area contributed by atoms with Crippen molar-refractivity contribution in [3.05, 3.63) is 52.2 Å². The Morgan fingerprint density at radius 2 is 1.97 bits per heavy atom. The lowest BCUT2D eigenvalue weighted by molar-refractivity contribution is 0.00166. The summed E-state index contributed by atoms with van der Waals surface area (Å²) in [6.45, 7) is 5.22. The van der Waals surface area contributed by atoms with Gasteiger partial charge in [0.25, 0.3) is 11.8 Å². The van der Waals surface area contributed by atoms with Crippen molar-refractivity contribution in [2.24, 2.45) is 5.92 Å². The van der Waals surface area contributed by atoms with E-state index in [4.69, 9.17) is 9.47 Å². The number of nitrogens with one attached hydrogen (secondary N) is 1. The van der Waals surface area contributed by atoms with Crippen LogP contribution in [0, 0.1) is 5.92 Å². The number of para-hydroxylation sites is 1. The highest BCUT2D eigenvalue weighted by molar-refractivity contribution is 7.12. The first-order chi connectivity index (χ1) is 15.1. The van der Waals surface area contributed by atoms with E-state index in [0.29, 0.717) is 28.6 Å². The minimum Gasteiger partial charge on any atom is -0.381 e. The Morgan fingerprint density at radius 3 is 2.68 bits per heavy atom. The molecule has 2 unspecified atom stereocenters. The number of carbonyl (C=O) groups is 2. The average Bonchev–Trinajstić information content (AvgIpc) is 3.54. The Kier molecular flexibility index (Phi) is 7.34. The van der Waals surface area contributed by atoms with Crippen molar-refractivity contribution >= 4 is 28.8 Å². The molecule has 1 aromatic carbocycles. The third-order valence-corrected chi connectivity index (χ3v) is 6.90. The van der Waals surface area contributed by atoms with Gasteiger partial charge in [-0.25, -0.2) is 0 Å². The summed E-state index contributed by atoms with van der Waals surface area (Å²) in [6, 6.07) is 11.1. The van der Waals surface area contributed by atoms with Gasteiger partial charge in [0.1, 0.15) is 0 Å². The predicted octanol–water partition coefficient (Wildman–Crippen LogP) is 2.49. The molecule has 2 saturated heterocycles. The molecule has 4 rings (SSSR count). The molecule has 0 saturated carbocycles. The van der Waals surface area contributed by atoms with Crippen molar-refractivity contribution < 1.29 is 19.1 Å². The standard InChI is InChI=1S/C23H29N3O4S/c1-25(23(28)21-7-4-14-31-21)19-6-3-2-5-18(19)22(27)24-15-20(17-8-11-30-16-17)26-9-12-29-13-10-26/h2-7,14,17,20H,8-13,15-16H2,1H3,(H,24,27). The molecule has 8 heteroatoms. The summed E-state index contributed by atoms with van der Waals surface area (Å²) in [6.07, 6.45) is 1.01. The highest BCUT2D eigenvalue weighted by atomic mass is 32.1. The van der Waals surface area contributed by atoms with Crippen LogP contribution < -0.4 is 10.2 Å². The summed E-state index contributed by atoms with van der Waals surface area (Å²) in [7, 11) is 1.71. The smallest absolute Gasteiger partial charge is 0.268 e. The zero-order chi connectivity index (χ0) is 21.6. The van der Waals surface area contributed by atoms with E-state index in [9.17, 15) is 9.59 Å². The lowest BCUT2D eigenvalue weighted by Crippen LogP contribution is -2.52. The number of amides is 2. The van der Waals surface area contributed by atoms with Crippen molar-refractivity contribution in [1.29, 1.82) is 0 Å². The highest BCUT2D eigenvalue weighted by Crippen LogP contribution is 2.24. The Labute approximate surface area is 186 Å². The number of rotatable bonds is 7. The molecular formula is C23H29N3O4S. The zero-order valence-electron chi connectivity index (χ0n) is 17.8. The second-order valence-electron chi connectivity index (χ2n) is 7.91. The summed E-state index contributed by atoms with van der Waals surface area (Å²) in [5, 5.41) is 5.00. The lowest BCUT2D eigenvalue weighted by Gasteiger charge is -2.37. The molecule has 0 aliphatic carbocycles. The van der Waals surface area contributed by atoms with Crippen molar-refractivity contribution in [3.63, 3.8) is 0 Å². The van der Waals surface area contributed by atoms with Gasteiger partial charge in [0.2, 0.25) is 0 Å². The number of hydrogen-bond donors (Lipinski definition) is 1. The maximum absolute atomic E-state index is 13.2. The molecule has 2 aromatic rings. The zero-order valence-corrected chi connectivity index (χ0v) is 18.6. The number of nitrogens with zero attached hydrogens (tertiary/aromatic N) is 2. The van der Waals surface area contributed by atoms with Gasteiger partial charge in [0, 0.05) is 45.2 Å². The Balaban J connectivity index is 1.47. The van der Waals surface area contributed by atoms with Crippen LogP contribution in [0.1, 0.15) is 26.5 Å². The molecule has 2 atom stereocenters. The van der Waals surface area contributed by atoms with E-state index < -0.39 is 0 Å². The van der Waals surface area contributed by atoms with E-state index in [1.165, 1.54) is 11.3 Å². The van der Waals surface area contributed by atoms with Crippen LogP contribution in [0.15, 0.2) is 41.8 Å². The predicted molar refractivity (Wildman–Crippen MR) is 121 cm³/mol. The van der Waals surface area contributed by atoms with E-state index in [1.54, 1.807) is 24.1 Å². The number of benzene rings is 1. The van der Waals surface area contributed by atoms with Gasteiger partial charge < -0.3 is 19.7 Å². The van der Waals surface area contributed by atoms with E-state index >= 15 is 0 Å². The van der Waals surface area contributed by atoms with Gasteiger partial charge in [0.05, 0.1) is 35.9 Å². The lowest BCUT2D eigenvalue weighted by atomic mass is 9.96. The number of carbonyl (C=O) groups excluding carboxylic acids is 2. The first-order valence-electron chi connectivity index (χ1n) is 10.7. The molecule has 0 bridgehead atoms. The summed E-state index contributed by atoms with van der Waals surface area (Å²) in [4.78, 5) is 30.6.